The predicted octanol–water partition coefficient (Wildman–Crippen LogP) is 3.55. The lowest BCUT2D eigenvalue weighted by Gasteiger charge is -2.13. The van der Waals surface area contributed by atoms with E-state index in [2.05, 4.69) is 38.5 Å². The Morgan fingerprint density at radius 2 is 2.08 bits per heavy atom. The summed E-state index contributed by atoms with van der Waals surface area (Å²) in [6.07, 6.45) is 10.4. The van der Waals surface area contributed by atoms with E-state index in [1.54, 1.807) is 6.21 Å². The van der Waals surface area contributed by atoms with Crippen LogP contribution in [0.3, 0.4) is 0 Å². The van der Waals surface area contributed by atoms with Crippen LogP contribution in [0.2, 0.25) is 0 Å². The zero-order valence-corrected chi connectivity index (χ0v) is 14.4. The summed E-state index contributed by atoms with van der Waals surface area (Å²) in [5, 5.41) is 14.1. The molecule has 0 bridgehead atoms. The normalized spacial score (nSPS) is 22.5. The van der Waals surface area contributed by atoms with Crippen LogP contribution in [0.25, 0.3) is 6.08 Å². The molecule has 1 aromatic heterocycles. The number of allylic oxidation sites excluding steroid dienone is 1. The molecule has 25 heavy (non-hydrogen) atoms. The summed E-state index contributed by atoms with van der Waals surface area (Å²) < 4.78 is 0. The van der Waals surface area contributed by atoms with E-state index in [0.717, 1.165) is 28.5 Å². The number of dihydropyridines is 1. The van der Waals surface area contributed by atoms with E-state index in [1.165, 1.54) is 16.9 Å². The van der Waals surface area contributed by atoms with Gasteiger partial charge in [-0.25, -0.2) is 0 Å². The van der Waals surface area contributed by atoms with Crippen LogP contribution in [0.15, 0.2) is 58.0 Å². The number of aromatic nitrogens is 1. The van der Waals surface area contributed by atoms with Crippen molar-refractivity contribution in [3.8, 4) is 5.88 Å². The Bertz CT molecular complexity index is 867. The maximum atomic E-state index is 10.1. The summed E-state index contributed by atoms with van der Waals surface area (Å²) in [7, 11) is 0. The van der Waals surface area contributed by atoms with E-state index in [4.69, 9.17) is 0 Å². The highest BCUT2D eigenvalue weighted by Crippen LogP contribution is 2.34. The lowest BCUT2D eigenvalue weighted by Crippen LogP contribution is -2.13. The summed E-state index contributed by atoms with van der Waals surface area (Å²) in [5.41, 5.74) is 2.32. The molecule has 0 amide bonds. The summed E-state index contributed by atoms with van der Waals surface area (Å²) >= 11 is 1.45. The molecule has 6 heteroatoms. The molecule has 2 unspecified atom stereocenters. The van der Waals surface area contributed by atoms with Gasteiger partial charge in [0, 0.05) is 24.9 Å². The number of aromatic hydroxyl groups is 1. The van der Waals surface area contributed by atoms with E-state index >= 15 is 0 Å². The largest absolute Gasteiger partial charge is 0.492 e. The Morgan fingerprint density at radius 3 is 2.96 bits per heavy atom. The van der Waals surface area contributed by atoms with Gasteiger partial charge in [-0.1, -0.05) is 47.7 Å². The number of aliphatic imine (C=N–C) groups is 2. The second kappa shape index (κ2) is 7.03. The highest BCUT2D eigenvalue weighted by atomic mass is 32.1. The van der Waals surface area contributed by atoms with Crippen molar-refractivity contribution in [2.45, 2.75) is 12.6 Å². The van der Waals surface area contributed by atoms with E-state index in [-0.39, 0.29) is 18.0 Å². The van der Waals surface area contributed by atoms with Crippen LogP contribution in [0, 0.1) is 5.92 Å². The first kappa shape index (κ1) is 15.8. The zero-order chi connectivity index (χ0) is 17.1. The molecule has 3 heterocycles. The van der Waals surface area contributed by atoms with Crippen LogP contribution in [-0.4, -0.2) is 35.2 Å². The van der Waals surface area contributed by atoms with Crippen molar-refractivity contribution in [1.82, 2.24) is 4.98 Å². The van der Waals surface area contributed by atoms with Gasteiger partial charge in [-0.05, 0) is 29.7 Å². The molecular formula is C19H18N4OS. The quantitative estimate of drug-likeness (QED) is 0.866. The van der Waals surface area contributed by atoms with Gasteiger partial charge in [0.05, 0.1) is 4.88 Å². The van der Waals surface area contributed by atoms with E-state index in [9.17, 15) is 5.11 Å². The number of hydrogen-bond donors (Lipinski definition) is 2. The molecule has 0 aliphatic carbocycles. The molecule has 2 N–H and O–H groups in total. The van der Waals surface area contributed by atoms with E-state index in [1.807, 2.05) is 36.6 Å². The monoisotopic (exact) mass is 350 g/mol. The van der Waals surface area contributed by atoms with Crippen molar-refractivity contribution in [2.24, 2.45) is 15.9 Å². The Kier molecular flexibility index (Phi) is 4.43. The van der Waals surface area contributed by atoms with Crippen LogP contribution in [0.4, 0.5) is 5.13 Å². The predicted molar refractivity (Wildman–Crippen MR) is 104 cm³/mol. The maximum absolute atomic E-state index is 10.1. The number of hydrogen-bond acceptors (Lipinski definition) is 6. The number of fused-ring (bicyclic) bond motifs is 1. The molecule has 2 aliphatic rings. The fourth-order valence-electron chi connectivity index (χ4n) is 2.90. The van der Waals surface area contributed by atoms with Gasteiger partial charge in [-0.2, -0.15) is 4.98 Å². The standard InChI is InChI=1S/C19H18N4OS/c24-18-16(11-14-12-22-17-15(14)7-4-9-20-17)25-19(23-18)21-10-8-13-5-2-1-3-6-13/h1-7,9,11-12,15,17,24H,8,10H2,(H,21,23). The molecule has 0 saturated heterocycles. The third-order valence-electron chi connectivity index (χ3n) is 4.19. The van der Waals surface area contributed by atoms with E-state index in [0.29, 0.717) is 0 Å². The number of thiazole rings is 1. The second-order valence-electron chi connectivity index (χ2n) is 5.91. The number of nitrogens with zero attached hydrogens (tertiary/aromatic N) is 3. The Balaban J connectivity index is 1.42. The minimum atomic E-state index is -0.0604. The van der Waals surface area contributed by atoms with Crippen molar-refractivity contribution in [1.29, 1.82) is 0 Å². The molecule has 0 radical (unpaired) electrons. The zero-order valence-electron chi connectivity index (χ0n) is 13.5. The van der Waals surface area contributed by atoms with E-state index < -0.39 is 0 Å². The van der Waals surface area contributed by atoms with Gasteiger partial charge in [-0.3, -0.25) is 9.98 Å². The van der Waals surface area contributed by atoms with Crippen LogP contribution in [0.1, 0.15) is 10.4 Å². The van der Waals surface area contributed by atoms with Crippen molar-refractivity contribution >= 4 is 35.0 Å². The molecule has 2 aliphatic heterocycles. The molecule has 0 spiro atoms. The van der Waals surface area contributed by atoms with Crippen molar-refractivity contribution < 1.29 is 5.11 Å². The van der Waals surface area contributed by atoms with Gasteiger partial charge in [0.1, 0.15) is 6.17 Å². The minimum absolute atomic E-state index is 0.0554. The van der Waals surface area contributed by atoms with Crippen molar-refractivity contribution in [2.75, 3.05) is 11.9 Å². The Hall–Kier alpha value is -2.73. The fraction of sp³-hybridized carbons (Fsp3) is 0.211. The minimum Gasteiger partial charge on any atom is -0.492 e. The number of anilines is 1. The molecule has 2 aromatic rings. The molecule has 1 aromatic carbocycles. The third kappa shape index (κ3) is 3.53. The number of benzene rings is 1. The second-order valence-corrected chi connectivity index (χ2v) is 6.94. The highest BCUT2D eigenvalue weighted by Gasteiger charge is 2.27. The summed E-state index contributed by atoms with van der Waals surface area (Å²) in [6.45, 7) is 0.774. The van der Waals surface area contributed by atoms with Gasteiger partial charge in [-0.15, -0.1) is 0 Å². The van der Waals surface area contributed by atoms with Gasteiger partial charge in [0.25, 0.3) is 0 Å². The van der Waals surface area contributed by atoms with Crippen molar-refractivity contribution in [3.63, 3.8) is 0 Å². The first-order valence-corrected chi connectivity index (χ1v) is 9.03. The average molecular weight is 350 g/mol. The molecule has 5 nitrogen and oxygen atoms in total. The Labute approximate surface area is 150 Å². The first-order chi connectivity index (χ1) is 12.3. The molecule has 126 valence electrons. The van der Waals surface area contributed by atoms with Crippen LogP contribution >= 0.6 is 11.3 Å². The smallest absolute Gasteiger partial charge is 0.231 e. The topological polar surface area (TPSA) is 69.9 Å². The number of rotatable bonds is 5. The first-order valence-electron chi connectivity index (χ1n) is 8.22. The average Bonchev–Trinajstić information content (AvgIpc) is 3.20. The fourth-order valence-corrected chi connectivity index (χ4v) is 3.75. The maximum Gasteiger partial charge on any atom is 0.231 e. The van der Waals surface area contributed by atoms with Crippen LogP contribution < -0.4 is 5.32 Å². The van der Waals surface area contributed by atoms with Gasteiger partial charge >= 0.3 is 0 Å². The highest BCUT2D eigenvalue weighted by molar-refractivity contribution is 7.16. The van der Waals surface area contributed by atoms with Crippen LogP contribution in [0.5, 0.6) is 5.88 Å². The number of nitrogens with one attached hydrogen (secondary N) is 1. The molecule has 2 atom stereocenters. The summed E-state index contributed by atoms with van der Waals surface area (Å²) in [5.74, 6) is 0.209. The lowest BCUT2D eigenvalue weighted by atomic mass is 9.97. The van der Waals surface area contributed by atoms with Crippen molar-refractivity contribution in [3.05, 3.63) is 58.5 Å². The molecular weight excluding hydrogens is 332 g/mol. The van der Waals surface area contributed by atoms with Crippen LogP contribution in [-0.2, 0) is 6.42 Å². The Morgan fingerprint density at radius 1 is 1.20 bits per heavy atom. The lowest BCUT2D eigenvalue weighted by molar-refractivity contribution is 0.456. The SMILES string of the molecule is Oc1nc(NCCc2ccccc2)sc1C=C1C=NC2N=CC=CC12. The molecule has 0 fully saturated rings. The third-order valence-corrected chi connectivity index (χ3v) is 5.14. The van der Waals surface area contributed by atoms with Gasteiger partial charge in [0.2, 0.25) is 5.88 Å². The summed E-state index contributed by atoms with van der Waals surface area (Å²) in [4.78, 5) is 13.7. The molecule has 4 rings (SSSR count). The summed E-state index contributed by atoms with van der Waals surface area (Å²) in [6, 6.07) is 10.3. The van der Waals surface area contributed by atoms with Gasteiger partial charge < -0.3 is 10.4 Å². The van der Waals surface area contributed by atoms with Gasteiger partial charge in [0.15, 0.2) is 5.13 Å². The molecule has 0 saturated carbocycles.